The predicted molar refractivity (Wildman–Crippen MR) is 105 cm³/mol. The molecular weight excluding hydrogens is 340 g/mol. The summed E-state index contributed by atoms with van der Waals surface area (Å²) in [5, 5.41) is 2.88. The van der Waals surface area contributed by atoms with Gasteiger partial charge in [-0.2, -0.15) is 0 Å². The fraction of sp³-hybridized carbons (Fsp3) is 0.286. The Morgan fingerprint density at radius 3 is 2.52 bits per heavy atom. The Bertz CT molecular complexity index is 954. The first kappa shape index (κ1) is 17.3. The summed E-state index contributed by atoms with van der Waals surface area (Å²) in [5.41, 5.74) is 3.44. The van der Waals surface area contributed by atoms with Crippen LogP contribution < -0.4 is 5.32 Å². The lowest BCUT2D eigenvalue weighted by molar-refractivity contribution is -0.121. The number of aryl methyl sites for hydroxylation is 1. The summed E-state index contributed by atoms with van der Waals surface area (Å²) in [6.45, 7) is 3.12. The van der Waals surface area contributed by atoms with Crippen LogP contribution in [-0.2, 0) is 4.79 Å². The van der Waals surface area contributed by atoms with Gasteiger partial charge in [-0.25, -0.2) is 4.98 Å². The second-order valence-electron chi connectivity index (χ2n) is 6.97. The molecular formula is C21H22N4O2. The van der Waals surface area contributed by atoms with Crippen LogP contribution in [-0.4, -0.2) is 39.8 Å². The fourth-order valence-electron chi connectivity index (χ4n) is 3.56. The largest absolute Gasteiger partial charge is 0.339 e. The minimum atomic E-state index is -0.112. The standard InChI is InChI=1S/C21H22N4O2/c1-14-6-2-3-7-16(14)20(27)25-12-10-15(11-13-25)19(26)24-21-22-17-8-4-5-9-18(17)23-21/h2-9,15H,10-13H2,1H3,(H2,22,23,24,26). The van der Waals surface area contributed by atoms with Crippen LogP contribution in [0.1, 0.15) is 28.8 Å². The van der Waals surface area contributed by atoms with Crippen molar-refractivity contribution in [3.05, 3.63) is 59.7 Å². The van der Waals surface area contributed by atoms with Crippen molar-refractivity contribution in [1.29, 1.82) is 0 Å². The number of aromatic nitrogens is 2. The number of carbonyl (C=O) groups excluding carboxylic acids is 2. The number of H-pyrrole nitrogens is 1. The zero-order chi connectivity index (χ0) is 18.8. The van der Waals surface area contributed by atoms with E-state index in [4.69, 9.17) is 0 Å². The highest BCUT2D eigenvalue weighted by Gasteiger charge is 2.28. The number of aromatic amines is 1. The Morgan fingerprint density at radius 1 is 1.07 bits per heavy atom. The number of rotatable bonds is 3. The van der Waals surface area contributed by atoms with E-state index in [1.807, 2.05) is 60.4 Å². The van der Waals surface area contributed by atoms with Crippen LogP contribution in [0, 0.1) is 12.8 Å². The van der Waals surface area contributed by atoms with E-state index in [9.17, 15) is 9.59 Å². The van der Waals surface area contributed by atoms with Crippen molar-refractivity contribution < 1.29 is 9.59 Å². The Morgan fingerprint density at radius 2 is 1.78 bits per heavy atom. The molecule has 0 atom stereocenters. The lowest BCUT2D eigenvalue weighted by atomic mass is 9.95. The summed E-state index contributed by atoms with van der Waals surface area (Å²) in [4.78, 5) is 34.6. The number of nitrogens with one attached hydrogen (secondary N) is 2. The summed E-state index contributed by atoms with van der Waals surface area (Å²) < 4.78 is 0. The second-order valence-corrected chi connectivity index (χ2v) is 6.97. The van der Waals surface area contributed by atoms with Crippen LogP contribution >= 0.6 is 0 Å². The van der Waals surface area contributed by atoms with Gasteiger partial charge in [-0.1, -0.05) is 30.3 Å². The molecule has 0 unspecified atom stereocenters. The third kappa shape index (κ3) is 3.56. The molecule has 1 aromatic heterocycles. The average molecular weight is 362 g/mol. The molecule has 1 saturated heterocycles. The minimum Gasteiger partial charge on any atom is -0.339 e. The molecule has 0 radical (unpaired) electrons. The van der Waals surface area contributed by atoms with E-state index in [-0.39, 0.29) is 17.7 Å². The molecule has 138 valence electrons. The van der Waals surface area contributed by atoms with Crippen molar-refractivity contribution >= 4 is 28.8 Å². The van der Waals surface area contributed by atoms with Crippen LogP contribution in [0.25, 0.3) is 11.0 Å². The number of benzene rings is 2. The maximum atomic E-state index is 12.7. The van der Waals surface area contributed by atoms with Gasteiger partial charge < -0.3 is 9.88 Å². The maximum absolute atomic E-state index is 12.7. The number of carbonyl (C=O) groups is 2. The molecule has 1 aliphatic rings. The molecule has 2 N–H and O–H groups in total. The van der Waals surface area contributed by atoms with Crippen molar-refractivity contribution in [1.82, 2.24) is 14.9 Å². The van der Waals surface area contributed by atoms with Crippen molar-refractivity contribution in [2.24, 2.45) is 5.92 Å². The van der Waals surface area contributed by atoms with Gasteiger partial charge in [0.25, 0.3) is 5.91 Å². The molecule has 4 rings (SSSR count). The van der Waals surface area contributed by atoms with Gasteiger partial charge in [0, 0.05) is 24.6 Å². The SMILES string of the molecule is Cc1ccccc1C(=O)N1CCC(C(=O)Nc2nc3ccccc3[nH]2)CC1. The van der Waals surface area contributed by atoms with Crippen LogP contribution in [0.5, 0.6) is 0 Å². The van der Waals surface area contributed by atoms with Gasteiger partial charge in [0.2, 0.25) is 11.9 Å². The first-order valence-corrected chi connectivity index (χ1v) is 9.22. The van der Waals surface area contributed by atoms with Crippen LogP contribution in [0.3, 0.4) is 0 Å². The summed E-state index contributed by atoms with van der Waals surface area (Å²) in [6.07, 6.45) is 1.31. The summed E-state index contributed by atoms with van der Waals surface area (Å²) >= 11 is 0. The lowest BCUT2D eigenvalue weighted by Crippen LogP contribution is -2.41. The Labute approximate surface area is 157 Å². The highest BCUT2D eigenvalue weighted by molar-refractivity contribution is 5.96. The lowest BCUT2D eigenvalue weighted by Gasteiger charge is -2.31. The number of hydrogen-bond donors (Lipinski definition) is 2. The summed E-state index contributed by atoms with van der Waals surface area (Å²) in [6, 6.07) is 15.3. The Balaban J connectivity index is 1.36. The molecule has 0 bridgehead atoms. The number of anilines is 1. The van der Waals surface area contributed by atoms with Crippen molar-refractivity contribution in [2.45, 2.75) is 19.8 Å². The van der Waals surface area contributed by atoms with Crippen LogP contribution in [0.2, 0.25) is 0 Å². The number of hydrogen-bond acceptors (Lipinski definition) is 3. The van der Waals surface area contributed by atoms with E-state index in [1.54, 1.807) is 0 Å². The van der Waals surface area contributed by atoms with Gasteiger partial charge in [0.15, 0.2) is 0 Å². The van der Waals surface area contributed by atoms with E-state index < -0.39 is 0 Å². The van der Waals surface area contributed by atoms with E-state index >= 15 is 0 Å². The fourth-order valence-corrected chi connectivity index (χ4v) is 3.56. The molecule has 0 aliphatic carbocycles. The molecule has 1 fully saturated rings. The molecule has 6 heteroatoms. The number of piperidine rings is 1. The number of imidazole rings is 1. The normalized spacial score (nSPS) is 15.1. The monoisotopic (exact) mass is 362 g/mol. The molecule has 6 nitrogen and oxygen atoms in total. The van der Waals surface area contributed by atoms with E-state index in [2.05, 4.69) is 15.3 Å². The third-order valence-corrected chi connectivity index (χ3v) is 5.16. The molecule has 1 aliphatic heterocycles. The number of amides is 2. The van der Waals surface area contributed by atoms with Crippen molar-refractivity contribution in [3.8, 4) is 0 Å². The van der Waals surface area contributed by atoms with E-state index in [0.29, 0.717) is 31.9 Å². The topological polar surface area (TPSA) is 78.1 Å². The van der Waals surface area contributed by atoms with Gasteiger partial charge in [0.1, 0.15) is 0 Å². The molecule has 2 heterocycles. The maximum Gasteiger partial charge on any atom is 0.254 e. The summed E-state index contributed by atoms with van der Waals surface area (Å²) in [7, 11) is 0. The van der Waals surface area contributed by atoms with Gasteiger partial charge >= 0.3 is 0 Å². The van der Waals surface area contributed by atoms with Crippen LogP contribution in [0.15, 0.2) is 48.5 Å². The zero-order valence-corrected chi connectivity index (χ0v) is 15.2. The Hall–Kier alpha value is -3.15. The summed E-state index contributed by atoms with van der Waals surface area (Å²) in [5.74, 6) is 0.361. The van der Waals surface area contributed by atoms with E-state index in [0.717, 1.165) is 22.2 Å². The van der Waals surface area contributed by atoms with Gasteiger partial charge in [-0.05, 0) is 43.5 Å². The first-order valence-electron chi connectivity index (χ1n) is 9.22. The highest BCUT2D eigenvalue weighted by Crippen LogP contribution is 2.22. The third-order valence-electron chi connectivity index (χ3n) is 5.16. The number of fused-ring (bicyclic) bond motifs is 1. The molecule has 2 amide bonds. The van der Waals surface area contributed by atoms with Gasteiger partial charge in [0.05, 0.1) is 11.0 Å². The molecule has 0 spiro atoms. The second kappa shape index (κ2) is 7.23. The highest BCUT2D eigenvalue weighted by atomic mass is 16.2. The van der Waals surface area contributed by atoms with Crippen LogP contribution in [0.4, 0.5) is 5.95 Å². The first-order chi connectivity index (χ1) is 13.1. The molecule has 3 aromatic rings. The number of para-hydroxylation sites is 2. The van der Waals surface area contributed by atoms with Crippen molar-refractivity contribution in [2.75, 3.05) is 18.4 Å². The quantitative estimate of drug-likeness (QED) is 0.750. The number of nitrogens with zero attached hydrogens (tertiary/aromatic N) is 2. The smallest absolute Gasteiger partial charge is 0.254 e. The van der Waals surface area contributed by atoms with Gasteiger partial charge in [-0.15, -0.1) is 0 Å². The molecule has 0 saturated carbocycles. The molecule has 2 aromatic carbocycles. The average Bonchev–Trinajstić information content (AvgIpc) is 3.10. The number of likely N-dealkylation sites (tertiary alicyclic amines) is 1. The molecule has 27 heavy (non-hydrogen) atoms. The minimum absolute atomic E-state index is 0.0444. The Kier molecular flexibility index (Phi) is 4.62. The predicted octanol–water partition coefficient (Wildman–Crippen LogP) is 3.36. The van der Waals surface area contributed by atoms with Crippen molar-refractivity contribution in [3.63, 3.8) is 0 Å². The zero-order valence-electron chi connectivity index (χ0n) is 15.2. The van der Waals surface area contributed by atoms with Gasteiger partial charge in [-0.3, -0.25) is 14.9 Å². The van der Waals surface area contributed by atoms with E-state index in [1.165, 1.54) is 0 Å².